The lowest BCUT2D eigenvalue weighted by Crippen LogP contribution is -2.71. The van der Waals surface area contributed by atoms with E-state index in [0.29, 0.717) is 10.5 Å². The number of piperazine rings is 1. The summed E-state index contributed by atoms with van der Waals surface area (Å²) in [4.78, 5) is 76.0. The number of hydrogen-bond donors (Lipinski definition) is 4. The van der Waals surface area contributed by atoms with Crippen LogP contribution in [0.2, 0.25) is 0 Å². The Balaban J connectivity index is 1.52. The molecule has 13 heteroatoms. The van der Waals surface area contributed by atoms with Crippen molar-refractivity contribution in [2.75, 3.05) is 13.1 Å². The topological polar surface area (TPSA) is 165 Å². The zero-order valence-corrected chi connectivity index (χ0v) is 19.1. The number of nitrogens with one attached hydrogen (secondary N) is 3. The summed E-state index contributed by atoms with van der Waals surface area (Å²) in [6, 6.07) is 4.05. The SMILES string of the molecule is CC1(C)S[C@@H]2[C@H](NC(=O)[C@H](NC(=O)N3CCNC(=O)C3=O)c3ccccc3)C(=O)N2[C@H]1C(=O)O. The first-order chi connectivity index (χ1) is 16.0. The molecule has 1 aromatic carbocycles. The molecule has 12 nitrogen and oxygen atoms in total. The smallest absolute Gasteiger partial charge is 0.327 e. The Bertz CT molecular complexity index is 1080. The number of nitrogens with zero attached hydrogens (tertiary/aromatic N) is 2. The first-order valence-electron chi connectivity index (χ1n) is 10.5. The van der Waals surface area contributed by atoms with E-state index in [1.807, 2.05) is 0 Å². The first kappa shape index (κ1) is 23.5. The summed E-state index contributed by atoms with van der Waals surface area (Å²) in [6.07, 6.45) is 0. The number of rotatable bonds is 5. The molecular weight excluding hydrogens is 466 g/mol. The van der Waals surface area contributed by atoms with Gasteiger partial charge in [-0.05, 0) is 19.4 Å². The molecule has 0 aliphatic carbocycles. The minimum absolute atomic E-state index is 0.0556. The van der Waals surface area contributed by atoms with Gasteiger partial charge >= 0.3 is 23.8 Å². The van der Waals surface area contributed by atoms with Crippen LogP contribution in [0.3, 0.4) is 0 Å². The van der Waals surface area contributed by atoms with Gasteiger partial charge in [-0.15, -0.1) is 11.8 Å². The molecule has 3 heterocycles. The van der Waals surface area contributed by atoms with Gasteiger partial charge < -0.3 is 26.0 Å². The van der Waals surface area contributed by atoms with Crippen LogP contribution in [-0.4, -0.2) is 85.8 Å². The highest BCUT2D eigenvalue weighted by atomic mass is 32.2. The molecule has 0 bridgehead atoms. The fourth-order valence-electron chi connectivity index (χ4n) is 4.30. The molecule has 4 N–H and O–H groups in total. The number of benzene rings is 1. The summed E-state index contributed by atoms with van der Waals surface area (Å²) in [6.45, 7) is 3.48. The van der Waals surface area contributed by atoms with Gasteiger partial charge in [0.25, 0.3) is 0 Å². The zero-order valence-electron chi connectivity index (χ0n) is 18.3. The van der Waals surface area contributed by atoms with Crippen molar-refractivity contribution in [1.82, 2.24) is 25.8 Å². The molecule has 0 aromatic heterocycles. The van der Waals surface area contributed by atoms with Gasteiger partial charge in [0.15, 0.2) is 0 Å². The normalized spacial score (nSPS) is 26.2. The number of carbonyl (C=O) groups excluding carboxylic acids is 5. The molecule has 1 aromatic rings. The number of thioether (sulfide) groups is 1. The van der Waals surface area contributed by atoms with Crippen molar-refractivity contribution in [2.24, 2.45) is 0 Å². The molecule has 3 aliphatic heterocycles. The van der Waals surface area contributed by atoms with E-state index in [4.69, 9.17) is 0 Å². The number of β-lactam (4-membered cyclic amide) rings is 1. The minimum Gasteiger partial charge on any atom is -0.480 e. The second-order valence-corrected chi connectivity index (χ2v) is 10.4. The van der Waals surface area contributed by atoms with E-state index < -0.39 is 63.9 Å². The van der Waals surface area contributed by atoms with E-state index in [9.17, 15) is 33.9 Å². The molecule has 3 aliphatic rings. The van der Waals surface area contributed by atoms with Gasteiger partial charge in [0, 0.05) is 17.8 Å². The number of hydrogen-bond acceptors (Lipinski definition) is 7. The Hall–Kier alpha value is -3.61. The molecule has 4 atom stereocenters. The quantitative estimate of drug-likeness (QED) is 0.303. The van der Waals surface area contributed by atoms with Crippen molar-refractivity contribution >= 4 is 47.4 Å². The highest BCUT2D eigenvalue weighted by Crippen LogP contribution is 2.50. The second-order valence-electron chi connectivity index (χ2n) is 8.59. The molecule has 0 saturated carbocycles. The summed E-state index contributed by atoms with van der Waals surface area (Å²) in [5.74, 6) is -4.31. The Morgan fingerprint density at radius 3 is 2.50 bits per heavy atom. The zero-order chi connectivity index (χ0) is 24.8. The molecule has 3 saturated heterocycles. The molecule has 0 unspecified atom stereocenters. The van der Waals surface area contributed by atoms with Gasteiger partial charge in [-0.1, -0.05) is 30.3 Å². The first-order valence-corrected chi connectivity index (χ1v) is 11.4. The summed E-state index contributed by atoms with van der Waals surface area (Å²) < 4.78 is -0.756. The number of imide groups is 1. The maximum absolute atomic E-state index is 13.2. The van der Waals surface area contributed by atoms with E-state index in [1.54, 1.807) is 44.2 Å². The number of amides is 6. The molecule has 6 amide bonds. The Kier molecular flexibility index (Phi) is 5.98. The molecule has 180 valence electrons. The highest BCUT2D eigenvalue weighted by molar-refractivity contribution is 8.01. The highest BCUT2D eigenvalue weighted by Gasteiger charge is 2.64. The molecular formula is C21H23N5O7S. The van der Waals surface area contributed by atoms with Gasteiger partial charge in [-0.3, -0.25) is 24.1 Å². The third-order valence-corrected chi connectivity index (χ3v) is 7.51. The van der Waals surface area contributed by atoms with Crippen molar-refractivity contribution in [1.29, 1.82) is 0 Å². The van der Waals surface area contributed by atoms with Crippen molar-refractivity contribution in [2.45, 2.75) is 42.1 Å². The van der Waals surface area contributed by atoms with Crippen LogP contribution >= 0.6 is 11.8 Å². The fraction of sp³-hybridized carbons (Fsp3) is 0.429. The summed E-state index contributed by atoms with van der Waals surface area (Å²) in [5.41, 5.74) is 0.397. The van der Waals surface area contributed by atoms with Gasteiger partial charge in [-0.25, -0.2) is 9.59 Å². The third-order valence-electron chi connectivity index (χ3n) is 5.94. The molecule has 4 rings (SSSR count). The molecule has 0 spiro atoms. The van der Waals surface area contributed by atoms with Crippen LogP contribution in [-0.2, 0) is 24.0 Å². The van der Waals surface area contributed by atoms with E-state index in [2.05, 4.69) is 16.0 Å². The van der Waals surface area contributed by atoms with Crippen LogP contribution in [0.1, 0.15) is 25.5 Å². The lowest BCUT2D eigenvalue weighted by Gasteiger charge is -2.44. The molecule has 0 radical (unpaired) electrons. The number of carboxylic acid groups (broad SMARTS) is 1. The van der Waals surface area contributed by atoms with Crippen molar-refractivity contribution in [3.05, 3.63) is 35.9 Å². The predicted molar refractivity (Wildman–Crippen MR) is 118 cm³/mol. The average molecular weight is 490 g/mol. The number of fused-ring (bicyclic) bond motifs is 1. The van der Waals surface area contributed by atoms with Crippen LogP contribution in [0, 0.1) is 0 Å². The van der Waals surface area contributed by atoms with Crippen molar-refractivity contribution in [3.63, 3.8) is 0 Å². The van der Waals surface area contributed by atoms with E-state index in [0.717, 1.165) is 0 Å². The largest absolute Gasteiger partial charge is 0.480 e. The summed E-state index contributed by atoms with van der Waals surface area (Å²) in [7, 11) is 0. The number of aliphatic carboxylic acids is 1. The van der Waals surface area contributed by atoms with E-state index in [-0.39, 0.29) is 13.1 Å². The van der Waals surface area contributed by atoms with E-state index in [1.165, 1.54) is 16.7 Å². The standard InChI is InChI=1S/C21H23N5O7S/c1-21(2)13(19(31)32)26-16(29)12(18(26)34-21)23-14(27)11(10-6-4-3-5-7-10)24-20(33)25-9-8-22-15(28)17(25)30/h3-7,11-13,18H,8-9H2,1-2H3,(H,22,28)(H,23,27)(H,24,33)(H,31,32)/t11-,12-,13+,18-/m1/s1. The van der Waals surface area contributed by atoms with Gasteiger partial charge in [0.2, 0.25) is 11.8 Å². The summed E-state index contributed by atoms with van der Waals surface area (Å²) >= 11 is 1.28. The van der Waals surface area contributed by atoms with Gasteiger partial charge in [0.1, 0.15) is 23.5 Å². The predicted octanol–water partition coefficient (Wildman–Crippen LogP) is -0.973. The maximum atomic E-state index is 13.2. The molecule has 34 heavy (non-hydrogen) atoms. The minimum atomic E-state index is -1.26. The average Bonchev–Trinajstić information content (AvgIpc) is 3.05. The summed E-state index contributed by atoms with van der Waals surface area (Å²) in [5, 5.41) is 16.4. The van der Waals surface area contributed by atoms with Crippen molar-refractivity contribution in [3.8, 4) is 0 Å². The lowest BCUT2D eigenvalue weighted by molar-refractivity contribution is -0.161. The van der Waals surface area contributed by atoms with Gasteiger partial charge in [-0.2, -0.15) is 0 Å². The fourth-order valence-corrected chi connectivity index (χ4v) is 5.93. The number of carboxylic acids is 1. The Morgan fingerprint density at radius 2 is 1.85 bits per heavy atom. The van der Waals surface area contributed by atoms with Crippen LogP contribution in [0.25, 0.3) is 0 Å². The Morgan fingerprint density at radius 1 is 1.18 bits per heavy atom. The third kappa shape index (κ3) is 3.95. The van der Waals surface area contributed by atoms with Crippen molar-refractivity contribution < 1.29 is 33.9 Å². The maximum Gasteiger partial charge on any atom is 0.327 e. The van der Waals surface area contributed by atoms with Crippen LogP contribution in [0.5, 0.6) is 0 Å². The van der Waals surface area contributed by atoms with Crippen LogP contribution < -0.4 is 16.0 Å². The van der Waals surface area contributed by atoms with Gasteiger partial charge in [0.05, 0.1) is 0 Å². The number of urea groups is 1. The van der Waals surface area contributed by atoms with Crippen LogP contribution in [0.15, 0.2) is 30.3 Å². The van der Waals surface area contributed by atoms with E-state index >= 15 is 0 Å². The monoisotopic (exact) mass is 489 g/mol. The lowest BCUT2D eigenvalue weighted by atomic mass is 9.95. The van der Waals surface area contributed by atoms with Crippen LogP contribution in [0.4, 0.5) is 4.79 Å². The number of carbonyl (C=O) groups is 6. The Labute approximate surface area is 198 Å². The second kappa shape index (κ2) is 8.63. The molecule has 3 fully saturated rings.